The van der Waals surface area contributed by atoms with Gasteiger partial charge in [0.05, 0.1) is 6.61 Å². The van der Waals surface area contributed by atoms with Gasteiger partial charge in [-0.1, -0.05) is 29.4 Å². The Morgan fingerprint density at radius 1 is 1.35 bits per heavy atom. The lowest BCUT2D eigenvalue weighted by molar-refractivity contribution is 0.281. The summed E-state index contributed by atoms with van der Waals surface area (Å²) in [7, 11) is 1.87. The van der Waals surface area contributed by atoms with E-state index in [-0.39, 0.29) is 12.6 Å². The average molecular weight is 316 g/mol. The summed E-state index contributed by atoms with van der Waals surface area (Å²) in [5, 5.41) is 24.6. The molecule has 3 rings (SSSR count). The number of aliphatic hydroxyl groups is 1. The van der Waals surface area contributed by atoms with Crippen molar-refractivity contribution in [3.63, 3.8) is 0 Å². The molecule has 1 saturated heterocycles. The third-order valence-corrected chi connectivity index (χ3v) is 4.49. The van der Waals surface area contributed by atoms with Gasteiger partial charge in [-0.2, -0.15) is 0 Å². The number of tetrazole rings is 1. The number of aromatic nitrogens is 4. The number of nitrogens with one attached hydrogen (secondary N) is 1. The lowest BCUT2D eigenvalue weighted by Crippen LogP contribution is -2.44. The summed E-state index contributed by atoms with van der Waals surface area (Å²) in [6, 6.07) is 8.89. The van der Waals surface area contributed by atoms with Gasteiger partial charge in [0.1, 0.15) is 0 Å². The Morgan fingerprint density at radius 3 is 2.78 bits per heavy atom. The molecule has 0 spiro atoms. The van der Waals surface area contributed by atoms with Gasteiger partial charge < -0.3 is 15.3 Å². The molecule has 0 radical (unpaired) electrons. The molecule has 2 aromatic rings. The second-order valence-electron chi connectivity index (χ2n) is 6.16. The van der Waals surface area contributed by atoms with E-state index in [9.17, 15) is 5.11 Å². The summed E-state index contributed by atoms with van der Waals surface area (Å²) in [5.74, 6) is 0.840. The van der Waals surface area contributed by atoms with Crippen molar-refractivity contribution in [3.8, 4) is 0 Å². The molecule has 1 unspecified atom stereocenters. The van der Waals surface area contributed by atoms with Crippen LogP contribution >= 0.6 is 0 Å². The fourth-order valence-corrected chi connectivity index (χ4v) is 3.15. The molecule has 7 heteroatoms. The van der Waals surface area contributed by atoms with E-state index < -0.39 is 0 Å². The first-order chi connectivity index (χ1) is 11.2. The van der Waals surface area contributed by atoms with Gasteiger partial charge >= 0.3 is 0 Å². The lowest BCUT2D eigenvalue weighted by Gasteiger charge is -2.34. The Bertz CT molecular complexity index is 635. The molecular formula is C16H24N6O. The number of aliphatic hydroxyl groups excluding tert-OH is 1. The molecular weight excluding hydrogens is 292 g/mol. The van der Waals surface area contributed by atoms with E-state index >= 15 is 0 Å². The Morgan fingerprint density at radius 2 is 2.13 bits per heavy atom. The molecule has 0 aliphatic carbocycles. The van der Waals surface area contributed by atoms with Crippen molar-refractivity contribution in [1.29, 1.82) is 0 Å². The van der Waals surface area contributed by atoms with E-state index in [0.717, 1.165) is 37.4 Å². The van der Waals surface area contributed by atoms with Gasteiger partial charge in [0.2, 0.25) is 5.95 Å². The molecule has 23 heavy (non-hydrogen) atoms. The number of aryl methyl sites for hydroxylation is 1. The van der Waals surface area contributed by atoms with Crippen LogP contribution in [-0.4, -0.2) is 44.4 Å². The van der Waals surface area contributed by atoms with Crippen molar-refractivity contribution < 1.29 is 5.11 Å². The van der Waals surface area contributed by atoms with Gasteiger partial charge in [-0.05, 0) is 41.3 Å². The first-order valence-corrected chi connectivity index (χ1v) is 8.10. The second kappa shape index (κ2) is 7.06. The molecule has 1 fully saturated rings. The Balaban J connectivity index is 1.55. The highest BCUT2D eigenvalue weighted by atomic mass is 16.3. The van der Waals surface area contributed by atoms with Gasteiger partial charge in [-0.25, -0.2) is 4.68 Å². The third-order valence-electron chi connectivity index (χ3n) is 4.49. The summed E-state index contributed by atoms with van der Waals surface area (Å²) < 4.78 is 1.72. The number of hydrogen-bond acceptors (Lipinski definition) is 6. The standard InChI is InChI=1S/C16H24N6O/c1-12(14-5-3-4-13(10-14)11-23)17-15-6-8-22(9-7-15)16-18-19-20-21(16)2/h3-5,10,12,15,17,23H,6-9,11H2,1-2H3. The molecule has 2 N–H and O–H groups in total. The van der Waals surface area contributed by atoms with Crippen LogP contribution in [0.5, 0.6) is 0 Å². The van der Waals surface area contributed by atoms with Gasteiger partial charge in [0, 0.05) is 32.2 Å². The summed E-state index contributed by atoms with van der Waals surface area (Å²) >= 11 is 0. The molecule has 7 nitrogen and oxygen atoms in total. The van der Waals surface area contributed by atoms with Crippen LogP contribution in [0.25, 0.3) is 0 Å². The van der Waals surface area contributed by atoms with E-state index in [0.29, 0.717) is 6.04 Å². The summed E-state index contributed by atoms with van der Waals surface area (Å²) in [6.45, 7) is 4.17. The fourth-order valence-electron chi connectivity index (χ4n) is 3.15. The zero-order valence-electron chi connectivity index (χ0n) is 13.7. The molecule has 1 aliphatic rings. The largest absolute Gasteiger partial charge is 0.392 e. The zero-order chi connectivity index (χ0) is 16.2. The van der Waals surface area contributed by atoms with Crippen LogP contribution in [0.3, 0.4) is 0 Å². The lowest BCUT2D eigenvalue weighted by atomic mass is 10.0. The first-order valence-electron chi connectivity index (χ1n) is 8.10. The molecule has 1 aromatic heterocycles. The summed E-state index contributed by atoms with van der Waals surface area (Å²) in [6.07, 6.45) is 2.13. The third kappa shape index (κ3) is 3.68. The molecule has 0 bridgehead atoms. The Kier molecular flexibility index (Phi) is 4.88. The number of hydrogen-bond donors (Lipinski definition) is 2. The molecule has 2 heterocycles. The number of nitrogens with zero attached hydrogens (tertiary/aromatic N) is 5. The quantitative estimate of drug-likeness (QED) is 0.857. The van der Waals surface area contributed by atoms with E-state index in [1.165, 1.54) is 5.56 Å². The van der Waals surface area contributed by atoms with Crippen molar-refractivity contribution in [3.05, 3.63) is 35.4 Å². The zero-order valence-corrected chi connectivity index (χ0v) is 13.7. The van der Waals surface area contributed by atoms with Crippen molar-refractivity contribution in [2.45, 2.75) is 38.5 Å². The van der Waals surface area contributed by atoms with Crippen LogP contribution in [0.15, 0.2) is 24.3 Å². The fraction of sp³-hybridized carbons (Fsp3) is 0.562. The topological polar surface area (TPSA) is 79.1 Å². The average Bonchev–Trinajstić information content (AvgIpc) is 3.01. The summed E-state index contributed by atoms with van der Waals surface area (Å²) in [4.78, 5) is 2.23. The number of rotatable bonds is 5. The molecule has 1 aromatic carbocycles. The molecule has 124 valence electrons. The predicted octanol–water partition coefficient (Wildman–Crippen LogP) is 1.02. The van der Waals surface area contributed by atoms with Crippen molar-refractivity contribution in [1.82, 2.24) is 25.5 Å². The molecule has 1 aliphatic heterocycles. The van der Waals surface area contributed by atoms with E-state index in [2.05, 4.69) is 44.8 Å². The normalized spacial score (nSPS) is 17.4. The predicted molar refractivity (Wildman–Crippen MR) is 87.9 cm³/mol. The minimum absolute atomic E-state index is 0.0880. The maximum Gasteiger partial charge on any atom is 0.245 e. The van der Waals surface area contributed by atoms with Crippen LogP contribution in [0.2, 0.25) is 0 Å². The highest BCUT2D eigenvalue weighted by Crippen LogP contribution is 2.20. The highest BCUT2D eigenvalue weighted by molar-refractivity contribution is 5.29. The van der Waals surface area contributed by atoms with Crippen molar-refractivity contribution in [2.75, 3.05) is 18.0 Å². The monoisotopic (exact) mass is 316 g/mol. The van der Waals surface area contributed by atoms with E-state index in [1.807, 2.05) is 19.2 Å². The van der Waals surface area contributed by atoms with Crippen LogP contribution < -0.4 is 10.2 Å². The van der Waals surface area contributed by atoms with E-state index in [1.54, 1.807) is 4.68 Å². The number of benzene rings is 1. The van der Waals surface area contributed by atoms with Gasteiger partial charge in [0.25, 0.3) is 0 Å². The smallest absolute Gasteiger partial charge is 0.245 e. The Labute approximate surface area is 136 Å². The second-order valence-corrected chi connectivity index (χ2v) is 6.16. The maximum absolute atomic E-state index is 9.26. The molecule has 0 saturated carbocycles. The van der Waals surface area contributed by atoms with Crippen molar-refractivity contribution in [2.24, 2.45) is 7.05 Å². The number of piperidine rings is 1. The van der Waals surface area contributed by atoms with Crippen LogP contribution in [0.1, 0.15) is 36.9 Å². The maximum atomic E-state index is 9.26. The van der Waals surface area contributed by atoms with Gasteiger partial charge in [-0.15, -0.1) is 0 Å². The van der Waals surface area contributed by atoms with Crippen molar-refractivity contribution >= 4 is 5.95 Å². The number of anilines is 1. The van der Waals surface area contributed by atoms with E-state index in [4.69, 9.17) is 0 Å². The van der Waals surface area contributed by atoms with Gasteiger partial charge in [-0.3, -0.25) is 0 Å². The minimum Gasteiger partial charge on any atom is -0.392 e. The SMILES string of the molecule is CC(NC1CCN(c2nnnn2C)CC1)c1cccc(CO)c1. The van der Waals surface area contributed by atoms with Crippen LogP contribution in [0, 0.1) is 0 Å². The van der Waals surface area contributed by atoms with Crippen LogP contribution in [-0.2, 0) is 13.7 Å². The van der Waals surface area contributed by atoms with Crippen LogP contribution in [0.4, 0.5) is 5.95 Å². The summed E-state index contributed by atoms with van der Waals surface area (Å²) in [5.41, 5.74) is 2.18. The molecule has 0 amide bonds. The molecule has 1 atom stereocenters. The highest BCUT2D eigenvalue weighted by Gasteiger charge is 2.23. The van der Waals surface area contributed by atoms with Gasteiger partial charge in [0.15, 0.2) is 0 Å². The first kappa shape index (κ1) is 15.9. The Hall–Kier alpha value is -1.99. The minimum atomic E-state index is 0.0880.